The molecule has 0 spiro atoms. The summed E-state index contributed by atoms with van der Waals surface area (Å²) in [7, 11) is -2.33. The topological polar surface area (TPSA) is 60.4 Å². The lowest BCUT2D eigenvalue weighted by Crippen LogP contribution is -1.65. The highest BCUT2D eigenvalue weighted by atomic mass is 35.7. The first-order valence-electron chi connectivity index (χ1n) is 2.42. The van der Waals surface area contributed by atoms with Gasteiger partial charge in [0.05, 0.1) is 5.90 Å². The normalized spacial score (nSPS) is 18.9. The molecule has 0 saturated heterocycles. The minimum Gasteiger partial charge on any atom is -0.275 e. The SMILES string of the molecule is C[P+](=O)OP(=O)(Cl)PCP=O. The molecule has 0 aromatic rings. The summed E-state index contributed by atoms with van der Waals surface area (Å²) < 4.78 is 35.8. The predicted octanol–water partition coefficient (Wildman–Crippen LogP) is 3.65. The van der Waals surface area contributed by atoms with Gasteiger partial charge in [0.1, 0.15) is 0 Å². The molecule has 0 bridgehead atoms. The van der Waals surface area contributed by atoms with Crippen molar-refractivity contribution in [2.24, 2.45) is 0 Å². The molecule has 64 valence electrons. The molecule has 3 atom stereocenters. The molecule has 0 aliphatic rings. The molecule has 0 aromatic carbocycles. The summed E-state index contributed by atoms with van der Waals surface area (Å²) in [5.41, 5.74) is 0. The van der Waals surface area contributed by atoms with Crippen LogP contribution in [0.5, 0.6) is 0 Å². The lowest BCUT2D eigenvalue weighted by atomic mass is 11.9. The fourth-order valence-corrected chi connectivity index (χ4v) is 8.43. The van der Waals surface area contributed by atoms with Crippen molar-refractivity contribution in [2.75, 3.05) is 12.6 Å². The lowest BCUT2D eigenvalue weighted by Gasteiger charge is -1.97. The van der Waals surface area contributed by atoms with Gasteiger partial charge < -0.3 is 0 Å². The van der Waals surface area contributed by atoms with Crippen molar-refractivity contribution < 1.29 is 18.0 Å². The number of rotatable bonds is 5. The summed E-state index contributed by atoms with van der Waals surface area (Å²) in [6, 6.07) is 0. The van der Waals surface area contributed by atoms with E-state index in [1.54, 1.807) is 0 Å². The van der Waals surface area contributed by atoms with Crippen molar-refractivity contribution in [1.82, 2.24) is 0 Å². The first-order valence-corrected chi connectivity index (χ1v) is 9.62. The molecular weight excluding hydrogens is 247 g/mol. The van der Waals surface area contributed by atoms with Gasteiger partial charge in [0.25, 0.3) is 0 Å². The van der Waals surface area contributed by atoms with Gasteiger partial charge in [-0.15, -0.1) is 0 Å². The van der Waals surface area contributed by atoms with Gasteiger partial charge in [-0.05, 0) is 15.8 Å². The molecule has 0 rings (SSSR count). The Morgan fingerprint density at radius 3 is 2.73 bits per heavy atom. The molecule has 0 aromatic heterocycles. The van der Waals surface area contributed by atoms with Crippen LogP contribution in [-0.2, 0) is 18.0 Å². The van der Waals surface area contributed by atoms with E-state index < -0.39 is 14.4 Å². The van der Waals surface area contributed by atoms with Gasteiger partial charge in [-0.3, -0.25) is 9.13 Å². The molecule has 0 N–H and O–H groups in total. The highest BCUT2D eigenvalue weighted by Crippen LogP contribution is 2.72. The van der Waals surface area contributed by atoms with Crippen molar-refractivity contribution in [1.29, 1.82) is 0 Å². The largest absolute Gasteiger partial charge is 0.512 e. The van der Waals surface area contributed by atoms with E-state index in [9.17, 15) is 13.7 Å². The Labute approximate surface area is 73.4 Å². The Bertz CT molecular complexity index is 204. The first-order chi connectivity index (χ1) is 4.98. The van der Waals surface area contributed by atoms with E-state index in [2.05, 4.69) is 4.31 Å². The molecule has 0 aliphatic carbocycles. The second-order valence-electron chi connectivity index (χ2n) is 1.45. The standard InChI is InChI=1S/C2H6ClO4P4/c1-10(5)7-11(3,6)9-2-8-4/h9H,2H2,1H3/q+1. The molecule has 0 amide bonds. The smallest absolute Gasteiger partial charge is 0.275 e. The quantitative estimate of drug-likeness (QED) is 0.702. The summed E-state index contributed by atoms with van der Waals surface area (Å²) in [5, 5.41) is 0. The summed E-state index contributed by atoms with van der Waals surface area (Å²) >= 11 is 5.33. The van der Waals surface area contributed by atoms with Gasteiger partial charge in [0.2, 0.25) is 0 Å². The molecule has 0 radical (unpaired) electrons. The van der Waals surface area contributed by atoms with E-state index in [-0.39, 0.29) is 22.6 Å². The zero-order chi connectivity index (χ0) is 8.91. The van der Waals surface area contributed by atoms with Crippen LogP contribution in [0.25, 0.3) is 0 Å². The molecule has 4 nitrogen and oxygen atoms in total. The van der Waals surface area contributed by atoms with Crippen LogP contribution in [0.3, 0.4) is 0 Å². The molecular formula is C2H6ClO4P4+. The van der Waals surface area contributed by atoms with Gasteiger partial charge in [0, 0.05) is 8.27 Å². The second kappa shape index (κ2) is 5.70. The van der Waals surface area contributed by atoms with Crippen LogP contribution < -0.4 is 0 Å². The zero-order valence-corrected chi connectivity index (χ0v) is 10.00. The van der Waals surface area contributed by atoms with E-state index in [0.717, 1.165) is 0 Å². The summed E-state index contributed by atoms with van der Waals surface area (Å²) in [4.78, 5) is 0. The Kier molecular flexibility index (Phi) is 6.28. The number of hydrogen-bond acceptors (Lipinski definition) is 4. The average molecular weight is 253 g/mol. The van der Waals surface area contributed by atoms with Crippen molar-refractivity contribution >= 4 is 42.4 Å². The second-order valence-corrected chi connectivity index (χ2v) is 10.7. The van der Waals surface area contributed by atoms with E-state index in [1.165, 1.54) is 6.66 Å². The Balaban J connectivity index is 3.90. The summed E-state index contributed by atoms with van der Waals surface area (Å²) in [6.45, 7) is 1.27. The van der Waals surface area contributed by atoms with Crippen LogP contribution in [-0.4, -0.2) is 12.6 Å². The molecule has 3 unspecified atom stereocenters. The van der Waals surface area contributed by atoms with Crippen LogP contribution in [0.4, 0.5) is 0 Å². The third-order valence-electron chi connectivity index (χ3n) is 0.544. The fourth-order valence-electron chi connectivity index (χ4n) is 0.290. The minimum absolute atomic E-state index is 0.127. The van der Waals surface area contributed by atoms with E-state index in [4.69, 9.17) is 11.2 Å². The third kappa shape index (κ3) is 7.47. The van der Waals surface area contributed by atoms with E-state index in [1.807, 2.05) is 0 Å². The Morgan fingerprint density at radius 1 is 1.82 bits per heavy atom. The number of hydrogen-bond donors (Lipinski definition) is 0. The molecule has 9 heteroatoms. The van der Waals surface area contributed by atoms with Gasteiger partial charge in [-0.25, -0.2) is 0 Å². The maximum absolute atomic E-state index is 11.0. The van der Waals surface area contributed by atoms with Crippen LogP contribution in [0.2, 0.25) is 0 Å². The van der Waals surface area contributed by atoms with Crippen molar-refractivity contribution in [3.63, 3.8) is 0 Å². The molecule has 0 heterocycles. The molecule has 0 aliphatic heterocycles. The summed E-state index contributed by atoms with van der Waals surface area (Å²) in [6.07, 6.45) is -3.26. The molecule has 11 heavy (non-hydrogen) atoms. The minimum atomic E-state index is -3.26. The maximum Gasteiger partial charge on any atom is 0.512 e. The van der Waals surface area contributed by atoms with Gasteiger partial charge in [-0.2, -0.15) is 0 Å². The molecule has 0 saturated carbocycles. The van der Waals surface area contributed by atoms with Gasteiger partial charge in [-0.1, -0.05) is 4.31 Å². The Hall–Kier alpha value is 1.11. The van der Waals surface area contributed by atoms with Gasteiger partial charge in [0.15, 0.2) is 15.1 Å². The lowest BCUT2D eigenvalue weighted by molar-refractivity contribution is 0.498. The average Bonchev–Trinajstić information content (AvgIpc) is 1.81. The molecule has 0 fully saturated rings. The maximum atomic E-state index is 11.0. The summed E-state index contributed by atoms with van der Waals surface area (Å²) in [5.74, 6) is 0.184. The highest BCUT2D eigenvalue weighted by molar-refractivity contribution is 8.36. The number of halogens is 1. The third-order valence-corrected chi connectivity index (χ3v) is 8.54. The van der Waals surface area contributed by atoms with Gasteiger partial charge >= 0.3 is 14.4 Å². The monoisotopic (exact) mass is 253 g/mol. The van der Waals surface area contributed by atoms with Crippen molar-refractivity contribution in [3.05, 3.63) is 0 Å². The Morgan fingerprint density at radius 2 is 2.36 bits per heavy atom. The van der Waals surface area contributed by atoms with Crippen LogP contribution >= 0.6 is 42.4 Å². The predicted molar refractivity (Wildman–Crippen MR) is 48.9 cm³/mol. The van der Waals surface area contributed by atoms with E-state index in [0.29, 0.717) is 0 Å². The van der Waals surface area contributed by atoms with Crippen LogP contribution in [0.1, 0.15) is 0 Å². The van der Waals surface area contributed by atoms with E-state index >= 15 is 0 Å². The fraction of sp³-hybridized carbons (Fsp3) is 1.00. The van der Waals surface area contributed by atoms with Crippen LogP contribution in [0, 0.1) is 0 Å². The first kappa shape index (κ1) is 12.1. The van der Waals surface area contributed by atoms with Crippen molar-refractivity contribution in [2.45, 2.75) is 0 Å². The zero-order valence-electron chi connectivity index (χ0n) is 5.56. The van der Waals surface area contributed by atoms with Crippen molar-refractivity contribution in [3.8, 4) is 0 Å². The van der Waals surface area contributed by atoms with Crippen LogP contribution in [0.15, 0.2) is 0 Å². The highest BCUT2D eigenvalue weighted by Gasteiger charge is 2.29.